The summed E-state index contributed by atoms with van der Waals surface area (Å²) >= 11 is 0. The van der Waals surface area contributed by atoms with Gasteiger partial charge in [0.2, 0.25) is 0 Å². The van der Waals surface area contributed by atoms with Crippen molar-refractivity contribution < 1.29 is 4.74 Å². The van der Waals surface area contributed by atoms with Crippen molar-refractivity contribution in [2.24, 2.45) is 10.9 Å². The van der Waals surface area contributed by atoms with E-state index in [1.165, 1.54) is 17.5 Å². The lowest BCUT2D eigenvalue weighted by atomic mass is 10.1. The molecule has 0 radical (unpaired) electrons. The molecular weight excluding hydrogens is 288 g/mol. The zero-order valence-corrected chi connectivity index (χ0v) is 14.9. The van der Waals surface area contributed by atoms with Crippen LogP contribution >= 0.6 is 0 Å². The predicted molar refractivity (Wildman–Crippen MR) is 95.6 cm³/mol. The molecule has 1 N–H and O–H groups in total. The molecule has 0 amide bonds. The number of nitrogens with zero attached hydrogens (tertiary/aromatic N) is 3. The Morgan fingerprint density at radius 3 is 2.74 bits per heavy atom. The quantitative estimate of drug-likeness (QED) is 0.641. The standard InChI is InChI=1S/C18H30N4O/c1-19-18(22-10-9-15(12-22)14-23-4)20-11-16-7-5-6-8-17(16)13-21(2)3/h5-8,15H,9-14H2,1-4H3,(H,19,20). The van der Waals surface area contributed by atoms with Crippen LogP contribution in [0.1, 0.15) is 17.5 Å². The molecule has 5 nitrogen and oxygen atoms in total. The molecule has 1 aliphatic heterocycles. The van der Waals surface area contributed by atoms with E-state index >= 15 is 0 Å². The van der Waals surface area contributed by atoms with Gasteiger partial charge in [0.1, 0.15) is 0 Å². The maximum Gasteiger partial charge on any atom is 0.193 e. The fraction of sp³-hybridized carbons (Fsp3) is 0.611. The van der Waals surface area contributed by atoms with E-state index < -0.39 is 0 Å². The van der Waals surface area contributed by atoms with Crippen molar-refractivity contribution in [1.29, 1.82) is 0 Å². The van der Waals surface area contributed by atoms with Gasteiger partial charge in [-0.15, -0.1) is 0 Å². The maximum absolute atomic E-state index is 5.28. The number of nitrogens with one attached hydrogen (secondary N) is 1. The van der Waals surface area contributed by atoms with E-state index in [4.69, 9.17) is 4.74 Å². The lowest BCUT2D eigenvalue weighted by Gasteiger charge is -2.22. The van der Waals surface area contributed by atoms with E-state index in [9.17, 15) is 0 Å². The van der Waals surface area contributed by atoms with Crippen LogP contribution in [0.4, 0.5) is 0 Å². The average molecular weight is 318 g/mol. The van der Waals surface area contributed by atoms with Gasteiger partial charge in [-0.2, -0.15) is 0 Å². The number of rotatable bonds is 6. The summed E-state index contributed by atoms with van der Waals surface area (Å²) in [4.78, 5) is 8.98. The summed E-state index contributed by atoms with van der Waals surface area (Å²) in [6.45, 7) is 4.66. The summed E-state index contributed by atoms with van der Waals surface area (Å²) in [5, 5.41) is 3.52. The maximum atomic E-state index is 5.28. The number of hydrogen-bond donors (Lipinski definition) is 1. The number of likely N-dealkylation sites (tertiary alicyclic amines) is 1. The predicted octanol–water partition coefficient (Wildman–Crippen LogP) is 1.79. The molecule has 1 unspecified atom stereocenters. The molecule has 0 aliphatic carbocycles. The van der Waals surface area contributed by atoms with Gasteiger partial charge < -0.3 is 19.9 Å². The second kappa shape index (κ2) is 8.89. The van der Waals surface area contributed by atoms with Gasteiger partial charge in [-0.05, 0) is 31.6 Å². The molecule has 1 saturated heterocycles. The minimum atomic E-state index is 0.611. The van der Waals surface area contributed by atoms with E-state index in [-0.39, 0.29) is 0 Å². The highest BCUT2D eigenvalue weighted by Gasteiger charge is 2.24. The molecule has 2 rings (SSSR count). The van der Waals surface area contributed by atoms with E-state index in [2.05, 4.69) is 58.5 Å². The zero-order valence-electron chi connectivity index (χ0n) is 14.9. The van der Waals surface area contributed by atoms with Crippen molar-refractivity contribution in [2.45, 2.75) is 19.5 Å². The molecule has 0 aromatic heterocycles. The topological polar surface area (TPSA) is 40.1 Å². The lowest BCUT2D eigenvalue weighted by Crippen LogP contribution is -2.40. The van der Waals surface area contributed by atoms with Crippen LogP contribution in [0.5, 0.6) is 0 Å². The fourth-order valence-electron chi connectivity index (χ4n) is 3.13. The van der Waals surface area contributed by atoms with Gasteiger partial charge in [0, 0.05) is 46.3 Å². The molecule has 1 aromatic carbocycles. The van der Waals surface area contributed by atoms with Crippen LogP contribution in [0.15, 0.2) is 29.3 Å². The SMILES string of the molecule is CN=C(NCc1ccccc1CN(C)C)N1CCC(COC)C1. The first-order valence-corrected chi connectivity index (χ1v) is 8.30. The van der Waals surface area contributed by atoms with Crippen molar-refractivity contribution >= 4 is 5.96 Å². The van der Waals surface area contributed by atoms with Crippen LogP contribution in [-0.4, -0.2) is 63.7 Å². The Morgan fingerprint density at radius 1 is 1.35 bits per heavy atom. The number of ether oxygens (including phenoxy) is 1. The molecule has 1 aromatic rings. The first-order chi connectivity index (χ1) is 11.1. The Kier molecular flexibility index (Phi) is 6.86. The third-order valence-electron chi connectivity index (χ3n) is 4.24. The smallest absolute Gasteiger partial charge is 0.193 e. The summed E-state index contributed by atoms with van der Waals surface area (Å²) in [5.74, 6) is 1.60. The van der Waals surface area contributed by atoms with Gasteiger partial charge in [0.25, 0.3) is 0 Å². The number of benzene rings is 1. The molecule has 0 bridgehead atoms. The fourth-order valence-corrected chi connectivity index (χ4v) is 3.13. The first-order valence-electron chi connectivity index (χ1n) is 8.30. The Morgan fingerprint density at radius 2 is 2.09 bits per heavy atom. The van der Waals surface area contributed by atoms with Crippen LogP contribution in [-0.2, 0) is 17.8 Å². The summed E-state index contributed by atoms with van der Waals surface area (Å²) in [6.07, 6.45) is 1.17. The molecule has 5 heteroatoms. The second-order valence-electron chi connectivity index (χ2n) is 6.46. The highest BCUT2D eigenvalue weighted by molar-refractivity contribution is 5.80. The molecule has 1 atom stereocenters. The van der Waals surface area contributed by atoms with E-state index in [0.717, 1.165) is 38.7 Å². The highest BCUT2D eigenvalue weighted by atomic mass is 16.5. The van der Waals surface area contributed by atoms with E-state index in [1.807, 2.05) is 7.05 Å². The normalized spacial score (nSPS) is 18.7. The highest BCUT2D eigenvalue weighted by Crippen LogP contribution is 2.17. The van der Waals surface area contributed by atoms with Crippen molar-refractivity contribution in [3.8, 4) is 0 Å². The van der Waals surface area contributed by atoms with Crippen molar-refractivity contribution in [3.63, 3.8) is 0 Å². The summed E-state index contributed by atoms with van der Waals surface area (Å²) in [6, 6.07) is 8.59. The number of hydrogen-bond acceptors (Lipinski definition) is 3. The van der Waals surface area contributed by atoms with E-state index in [0.29, 0.717) is 5.92 Å². The van der Waals surface area contributed by atoms with Crippen molar-refractivity contribution in [1.82, 2.24) is 15.1 Å². The van der Waals surface area contributed by atoms with Gasteiger partial charge in [-0.25, -0.2) is 0 Å². The molecular formula is C18H30N4O. The van der Waals surface area contributed by atoms with Gasteiger partial charge in [-0.1, -0.05) is 24.3 Å². The minimum Gasteiger partial charge on any atom is -0.384 e. The Labute approximate surface area is 140 Å². The first kappa shape index (κ1) is 17.8. The number of aliphatic imine (C=N–C) groups is 1. The minimum absolute atomic E-state index is 0.611. The van der Waals surface area contributed by atoms with Gasteiger partial charge in [-0.3, -0.25) is 4.99 Å². The van der Waals surface area contributed by atoms with Gasteiger partial charge in [0.15, 0.2) is 5.96 Å². The third kappa shape index (κ3) is 5.22. The molecule has 23 heavy (non-hydrogen) atoms. The molecule has 1 fully saturated rings. The number of guanidine groups is 1. The van der Waals surface area contributed by atoms with E-state index in [1.54, 1.807) is 7.11 Å². The van der Waals surface area contributed by atoms with Crippen LogP contribution in [0, 0.1) is 5.92 Å². The summed E-state index contributed by atoms with van der Waals surface area (Å²) in [5.41, 5.74) is 2.69. The van der Waals surface area contributed by atoms with Crippen molar-refractivity contribution in [2.75, 3.05) is 47.9 Å². The Balaban J connectivity index is 1.94. The summed E-state index contributed by atoms with van der Waals surface area (Å²) < 4.78 is 5.28. The largest absolute Gasteiger partial charge is 0.384 e. The van der Waals surface area contributed by atoms with Crippen LogP contribution in [0.2, 0.25) is 0 Å². The van der Waals surface area contributed by atoms with Crippen LogP contribution in [0.3, 0.4) is 0 Å². The van der Waals surface area contributed by atoms with Crippen LogP contribution in [0.25, 0.3) is 0 Å². The third-order valence-corrected chi connectivity index (χ3v) is 4.24. The van der Waals surface area contributed by atoms with Crippen LogP contribution < -0.4 is 5.32 Å². The Bertz CT molecular complexity index is 515. The molecule has 0 spiro atoms. The van der Waals surface area contributed by atoms with Crippen molar-refractivity contribution in [3.05, 3.63) is 35.4 Å². The lowest BCUT2D eigenvalue weighted by molar-refractivity contribution is 0.157. The molecule has 1 heterocycles. The molecule has 1 aliphatic rings. The number of methoxy groups -OCH3 is 1. The average Bonchev–Trinajstić information content (AvgIpc) is 2.98. The monoisotopic (exact) mass is 318 g/mol. The summed E-state index contributed by atoms with van der Waals surface area (Å²) in [7, 11) is 7.84. The second-order valence-corrected chi connectivity index (χ2v) is 6.46. The Hall–Kier alpha value is -1.59. The molecule has 128 valence electrons. The zero-order chi connectivity index (χ0) is 16.7. The van der Waals surface area contributed by atoms with Gasteiger partial charge in [0.05, 0.1) is 6.61 Å². The van der Waals surface area contributed by atoms with Gasteiger partial charge >= 0.3 is 0 Å². The molecule has 0 saturated carbocycles.